The van der Waals surface area contributed by atoms with Gasteiger partial charge in [0, 0.05) is 6.08 Å². The maximum atomic E-state index is 11.2. The van der Waals surface area contributed by atoms with Crippen LogP contribution in [-0.2, 0) is 9.22 Å². The molecule has 13 heavy (non-hydrogen) atoms. The predicted molar refractivity (Wildman–Crippen MR) is 58.1 cm³/mol. The zero-order chi connectivity index (χ0) is 10.7. The lowest BCUT2D eigenvalue weighted by molar-refractivity contribution is -0.130. The van der Waals surface area contributed by atoms with Crippen molar-refractivity contribution < 1.29 is 9.22 Å². The van der Waals surface area contributed by atoms with Crippen molar-refractivity contribution in [3.63, 3.8) is 0 Å². The molecule has 0 saturated heterocycles. The molecular formula is C10H20O2Si. The quantitative estimate of drug-likeness (QED) is 0.506. The van der Waals surface area contributed by atoms with Crippen LogP contribution in [0.3, 0.4) is 0 Å². The molecule has 0 bridgehead atoms. The summed E-state index contributed by atoms with van der Waals surface area (Å²) in [5.41, 5.74) is 0. The first-order chi connectivity index (χ1) is 5.70. The molecule has 3 heteroatoms. The number of carbonyl (C=O) groups excluding carboxylic acids is 1. The molecular weight excluding hydrogens is 180 g/mol. The Labute approximate surface area is 82.1 Å². The minimum absolute atomic E-state index is 0.0875. The molecule has 2 nitrogen and oxygen atoms in total. The lowest BCUT2D eigenvalue weighted by Crippen LogP contribution is -2.42. The van der Waals surface area contributed by atoms with E-state index in [2.05, 4.69) is 33.9 Å². The van der Waals surface area contributed by atoms with Crippen LogP contribution in [0.1, 0.15) is 27.7 Å². The molecule has 0 heterocycles. The lowest BCUT2D eigenvalue weighted by Gasteiger charge is -2.34. The topological polar surface area (TPSA) is 26.3 Å². The van der Waals surface area contributed by atoms with Crippen molar-refractivity contribution in [2.45, 2.75) is 45.8 Å². The fraction of sp³-hybridized carbons (Fsp3) is 0.700. The Balaban J connectivity index is 4.43. The van der Waals surface area contributed by atoms with Gasteiger partial charge in [-0.15, -0.1) is 0 Å². The first-order valence-corrected chi connectivity index (χ1v) is 7.47. The monoisotopic (exact) mass is 200 g/mol. The molecule has 0 amide bonds. The molecule has 0 spiro atoms. The SMILES string of the molecule is CC=CC(=O)O[Si](C)(C)C(C)(C)C. The number of carbonyl (C=O) groups is 1. The highest BCUT2D eigenvalue weighted by Gasteiger charge is 2.39. The number of rotatable bonds is 2. The van der Waals surface area contributed by atoms with Crippen LogP contribution >= 0.6 is 0 Å². The fourth-order valence-electron chi connectivity index (χ4n) is 0.575. The van der Waals surface area contributed by atoms with Crippen molar-refractivity contribution in [1.29, 1.82) is 0 Å². The van der Waals surface area contributed by atoms with Crippen molar-refractivity contribution in [2.24, 2.45) is 0 Å². The average molecular weight is 200 g/mol. The van der Waals surface area contributed by atoms with E-state index in [0.29, 0.717) is 0 Å². The molecule has 0 aliphatic rings. The Morgan fingerprint density at radius 3 is 2.08 bits per heavy atom. The molecule has 0 aliphatic heterocycles. The van der Waals surface area contributed by atoms with Crippen molar-refractivity contribution in [3.05, 3.63) is 12.2 Å². The molecule has 0 aliphatic carbocycles. The number of allylic oxidation sites excluding steroid dienone is 1. The summed E-state index contributed by atoms with van der Waals surface area (Å²) in [6.07, 6.45) is 3.18. The van der Waals surface area contributed by atoms with Gasteiger partial charge in [0.1, 0.15) is 0 Å². The molecule has 0 fully saturated rings. The first-order valence-electron chi connectivity index (χ1n) is 4.56. The van der Waals surface area contributed by atoms with Crippen LogP contribution in [0, 0.1) is 0 Å². The smallest absolute Gasteiger partial charge is 0.317 e. The predicted octanol–water partition coefficient (Wildman–Crippen LogP) is 3.11. The maximum Gasteiger partial charge on any atom is 0.317 e. The van der Waals surface area contributed by atoms with E-state index in [1.54, 1.807) is 6.08 Å². The van der Waals surface area contributed by atoms with Crippen LogP contribution in [0.2, 0.25) is 18.1 Å². The van der Waals surface area contributed by atoms with Crippen molar-refractivity contribution >= 4 is 14.3 Å². The Hall–Kier alpha value is -0.573. The van der Waals surface area contributed by atoms with E-state index in [1.807, 2.05) is 6.92 Å². The summed E-state index contributed by atoms with van der Waals surface area (Å²) in [7, 11) is -1.91. The van der Waals surface area contributed by atoms with Gasteiger partial charge in [-0.3, -0.25) is 0 Å². The summed E-state index contributed by atoms with van der Waals surface area (Å²) in [6.45, 7) is 12.3. The Kier molecular flexibility index (Phi) is 3.91. The molecule has 0 unspecified atom stereocenters. The van der Waals surface area contributed by atoms with Crippen LogP contribution < -0.4 is 0 Å². The van der Waals surface area contributed by atoms with E-state index < -0.39 is 8.32 Å². The third kappa shape index (κ3) is 3.76. The second kappa shape index (κ2) is 4.09. The standard InChI is InChI=1S/C10H20O2Si/c1-7-8-9(11)12-13(5,6)10(2,3)4/h7-8H,1-6H3. The number of hydrogen-bond donors (Lipinski definition) is 0. The zero-order valence-corrected chi connectivity index (χ0v) is 10.5. The summed E-state index contributed by atoms with van der Waals surface area (Å²) in [5.74, 6) is -0.214. The van der Waals surface area contributed by atoms with Crippen LogP contribution in [-0.4, -0.2) is 14.3 Å². The van der Waals surface area contributed by atoms with Gasteiger partial charge < -0.3 is 4.43 Å². The van der Waals surface area contributed by atoms with E-state index >= 15 is 0 Å². The summed E-state index contributed by atoms with van der Waals surface area (Å²) in [4.78, 5) is 11.2. The summed E-state index contributed by atoms with van der Waals surface area (Å²) in [6, 6.07) is 0. The van der Waals surface area contributed by atoms with Gasteiger partial charge in [0.15, 0.2) is 0 Å². The van der Waals surface area contributed by atoms with Gasteiger partial charge in [-0.25, -0.2) is 4.79 Å². The van der Waals surface area contributed by atoms with Gasteiger partial charge in [-0.1, -0.05) is 26.8 Å². The minimum atomic E-state index is -1.91. The van der Waals surface area contributed by atoms with Crippen LogP contribution in [0.4, 0.5) is 0 Å². The lowest BCUT2D eigenvalue weighted by atomic mass is 10.2. The fourth-order valence-corrected chi connectivity index (χ4v) is 1.45. The van der Waals surface area contributed by atoms with Gasteiger partial charge in [-0.05, 0) is 25.1 Å². The second-order valence-corrected chi connectivity index (χ2v) is 9.41. The summed E-state index contributed by atoms with van der Waals surface area (Å²) in [5, 5.41) is 0.0875. The molecule has 0 aromatic rings. The van der Waals surface area contributed by atoms with E-state index in [4.69, 9.17) is 4.43 Å². The highest BCUT2D eigenvalue weighted by Crippen LogP contribution is 2.36. The average Bonchev–Trinajstić information content (AvgIpc) is 1.83. The molecule has 0 rings (SSSR count). The molecule has 0 atom stereocenters. The Morgan fingerprint density at radius 2 is 1.77 bits per heavy atom. The molecule has 76 valence electrons. The van der Waals surface area contributed by atoms with Crippen LogP contribution in [0.5, 0.6) is 0 Å². The third-order valence-electron chi connectivity index (χ3n) is 2.46. The Bertz CT molecular complexity index is 211. The maximum absolute atomic E-state index is 11.2. The third-order valence-corrected chi connectivity index (χ3v) is 6.79. The van der Waals surface area contributed by atoms with Crippen molar-refractivity contribution in [1.82, 2.24) is 0 Å². The summed E-state index contributed by atoms with van der Waals surface area (Å²) < 4.78 is 5.46. The van der Waals surface area contributed by atoms with E-state index in [1.165, 1.54) is 6.08 Å². The molecule has 0 aromatic carbocycles. The zero-order valence-electron chi connectivity index (χ0n) is 9.47. The van der Waals surface area contributed by atoms with Gasteiger partial charge in [0.2, 0.25) is 0 Å². The van der Waals surface area contributed by atoms with Crippen LogP contribution in [0.25, 0.3) is 0 Å². The minimum Gasteiger partial charge on any atom is -0.516 e. The highest BCUT2D eigenvalue weighted by atomic mass is 28.4. The number of hydrogen-bond acceptors (Lipinski definition) is 2. The molecule has 0 saturated carbocycles. The first kappa shape index (κ1) is 12.4. The van der Waals surface area contributed by atoms with Gasteiger partial charge in [-0.2, -0.15) is 0 Å². The normalized spacial score (nSPS) is 13.4. The van der Waals surface area contributed by atoms with Crippen molar-refractivity contribution in [2.75, 3.05) is 0 Å². The Morgan fingerprint density at radius 1 is 1.31 bits per heavy atom. The van der Waals surface area contributed by atoms with Gasteiger partial charge in [0.05, 0.1) is 0 Å². The summed E-state index contributed by atoms with van der Waals surface area (Å²) >= 11 is 0. The van der Waals surface area contributed by atoms with E-state index in [0.717, 1.165) is 0 Å². The largest absolute Gasteiger partial charge is 0.516 e. The highest BCUT2D eigenvalue weighted by molar-refractivity contribution is 6.75. The second-order valence-electron chi connectivity index (χ2n) is 4.68. The van der Waals surface area contributed by atoms with Gasteiger partial charge in [0.25, 0.3) is 8.32 Å². The van der Waals surface area contributed by atoms with E-state index in [9.17, 15) is 4.79 Å². The molecule has 0 radical (unpaired) electrons. The molecule has 0 N–H and O–H groups in total. The van der Waals surface area contributed by atoms with E-state index in [-0.39, 0.29) is 11.0 Å². The molecule has 0 aromatic heterocycles. The van der Waals surface area contributed by atoms with Crippen LogP contribution in [0.15, 0.2) is 12.2 Å². The van der Waals surface area contributed by atoms with Crippen molar-refractivity contribution in [3.8, 4) is 0 Å². The van der Waals surface area contributed by atoms with Gasteiger partial charge >= 0.3 is 5.97 Å².